The molecule has 0 aliphatic carbocycles. The van der Waals surface area contributed by atoms with E-state index in [2.05, 4.69) is 0 Å². The Morgan fingerprint density at radius 2 is 1.84 bits per heavy atom. The van der Waals surface area contributed by atoms with Gasteiger partial charge >= 0.3 is 6.09 Å². The average Bonchev–Trinajstić information content (AvgIpc) is 2.56. The largest absolute Gasteiger partial charge is 0.444 e. The van der Waals surface area contributed by atoms with Crippen molar-refractivity contribution in [2.24, 2.45) is 5.92 Å². The standard InChI is InChI=1S/C20H30FNO3/c1-20(2,3)25-19(23)22-12-9-16(10-13-22)18(11-14-24-4)15-5-7-17(21)8-6-15/h5-8,16,18H,9-14H2,1-4H3. The molecule has 0 spiro atoms. The molecule has 1 unspecified atom stereocenters. The van der Waals surface area contributed by atoms with Gasteiger partial charge in [0.1, 0.15) is 11.4 Å². The van der Waals surface area contributed by atoms with Crippen LogP contribution in [-0.4, -0.2) is 43.4 Å². The van der Waals surface area contributed by atoms with E-state index in [0.717, 1.165) is 24.8 Å². The zero-order chi connectivity index (χ0) is 18.4. The van der Waals surface area contributed by atoms with Crippen molar-refractivity contribution in [3.63, 3.8) is 0 Å². The lowest BCUT2D eigenvalue weighted by Crippen LogP contribution is -2.42. The van der Waals surface area contributed by atoms with Gasteiger partial charge in [-0.15, -0.1) is 0 Å². The molecule has 0 aromatic heterocycles. The molecular formula is C20H30FNO3. The highest BCUT2D eigenvalue weighted by Crippen LogP contribution is 2.35. The van der Waals surface area contributed by atoms with Gasteiger partial charge in [-0.3, -0.25) is 0 Å². The van der Waals surface area contributed by atoms with Crippen LogP contribution in [0.1, 0.15) is 51.5 Å². The molecule has 1 fully saturated rings. The van der Waals surface area contributed by atoms with E-state index in [1.807, 2.05) is 32.9 Å². The first-order valence-corrected chi connectivity index (χ1v) is 9.02. The normalized spacial score (nSPS) is 17.4. The average molecular weight is 351 g/mol. The highest BCUT2D eigenvalue weighted by atomic mass is 19.1. The number of halogens is 1. The van der Waals surface area contributed by atoms with Crippen molar-refractivity contribution in [2.75, 3.05) is 26.8 Å². The monoisotopic (exact) mass is 351 g/mol. The Hall–Kier alpha value is -1.62. The number of benzene rings is 1. The Bertz CT molecular complexity index is 545. The quantitative estimate of drug-likeness (QED) is 0.779. The van der Waals surface area contributed by atoms with Crippen molar-refractivity contribution in [3.05, 3.63) is 35.6 Å². The second-order valence-corrected chi connectivity index (χ2v) is 7.74. The Kier molecular flexibility index (Phi) is 6.82. The van der Waals surface area contributed by atoms with Gasteiger partial charge in [0, 0.05) is 26.8 Å². The van der Waals surface area contributed by atoms with Crippen LogP contribution in [0, 0.1) is 11.7 Å². The maximum Gasteiger partial charge on any atom is 0.410 e. The molecule has 1 aliphatic rings. The minimum absolute atomic E-state index is 0.214. The van der Waals surface area contributed by atoms with E-state index in [4.69, 9.17) is 9.47 Å². The molecule has 140 valence electrons. The Morgan fingerprint density at radius 1 is 1.24 bits per heavy atom. The van der Waals surface area contributed by atoms with Crippen molar-refractivity contribution in [3.8, 4) is 0 Å². The number of hydrogen-bond acceptors (Lipinski definition) is 3. The minimum Gasteiger partial charge on any atom is -0.444 e. The highest BCUT2D eigenvalue weighted by molar-refractivity contribution is 5.68. The van der Waals surface area contributed by atoms with Gasteiger partial charge in [0.05, 0.1) is 0 Å². The number of methoxy groups -OCH3 is 1. The molecule has 5 heteroatoms. The molecule has 1 heterocycles. The lowest BCUT2D eigenvalue weighted by Gasteiger charge is -2.37. The van der Waals surface area contributed by atoms with Crippen LogP contribution in [0.4, 0.5) is 9.18 Å². The van der Waals surface area contributed by atoms with Crippen LogP contribution in [0.15, 0.2) is 24.3 Å². The first kappa shape index (κ1) is 19.7. The summed E-state index contributed by atoms with van der Waals surface area (Å²) in [4.78, 5) is 14.0. The van der Waals surface area contributed by atoms with Gasteiger partial charge in [-0.1, -0.05) is 12.1 Å². The number of carbonyl (C=O) groups excluding carboxylic acids is 1. The summed E-state index contributed by atoms with van der Waals surface area (Å²) in [5, 5.41) is 0. The van der Waals surface area contributed by atoms with E-state index >= 15 is 0 Å². The third-order valence-corrected chi connectivity index (χ3v) is 4.69. The van der Waals surface area contributed by atoms with Gasteiger partial charge < -0.3 is 14.4 Å². The fourth-order valence-electron chi connectivity index (χ4n) is 3.44. The van der Waals surface area contributed by atoms with E-state index in [1.54, 1.807) is 12.0 Å². The molecule has 0 N–H and O–H groups in total. The van der Waals surface area contributed by atoms with Crippen LogP contribution in [0.2, 0.25) is 0 Å². The van der Waals surface area contributed by atoms with Crippen molar-refractivity contribution in [2.45, 2.75) is 51.6 Å². The lowest BCUT2D eigenvalue weighted by molar-refractivity contribution is 0.0168. The number of carbonyl (C=O) groups is 1. The second kappa shape index (κ2) is 8.65. The molecule has 1 atom stereocenters. The third kappa shape index (κ3) is 5.99. The van der Waals surface area contributed by atoms with Crippen LogP contribution in [0.3, 0.4) is 0 Å². The van der Waals surface area contributed by atoms with E-state index in [9.17, 15) is 9.18 Å². The predicted molar refractivity (Wildman–Crippen MR) is 96.2 cm³/mol. The fourth-order valence-corrected chi connectivity index (χ4v) is 3.44. The van der Waals surface area contributed by atoms with E-state index in [0.29, 0.717) is 31.5 Å². The molecule has 1 aromatic carbocycles. The molecule has 1 saturated heterocycles. The summed E-state index contributed by atoms with van der Waals surface area (Å²) in [7, 11) is 1.70. The van der Waals surface area contributed by atoms with Gasteiger partial charge in [-0.2, -0.15) is 0 Å². The SMILES string of the molecule is COCCC(c1ccc(F)cc1)C1CCN(C(=O)OC(C)(C)C)CC1. The molecular weight excluding hydrogens is 321 g/mol. The van der Waals surface area contributed by atoms with Gasteiger partial charge in [0.2, 0.25) is 0 Å². The summed E-state index contributed by atoms with van der Waals surface area (Å²) in [6.07, 6.45) is 2.51. The van der Waals surface area contributed by atoms with Crippen LogP contribution in [-0.2, 0) is 9.47 Å². The van der Waals surface area contributed by atoms with Gasteiger partial charge in [0.25, 0.3) is 0 Å². The number of nitrogens with zero attached hydrogens (tertiary/aromatic N) is 1. The molecule has 1 amide bonds. The van der Waals surface area contributed by atoms with Gasteiger partial charge in [-0.25, -0.2) is 9.18 Å². The van der Waals surface area contributed by atoms with E-state index in [1.165, 1.54) is 12.1 Å². The van der Waals surface area contributed by atoms with Crippen LogP contribution in [0.25, 0.3) is 0 Å². The van der Waals surface area contributed by atoms with Crippen molar-refractivity contribution >= 4 is 6.09 Å². The summed E-state index contributed by atoms with van der Waals surface area (Å²) in [5.41, 5.74) is 0.678. The van der Waals surface area contributed by atoms with Crippen molar-refractivity contribution < 1.29 is 18.7 Å². The summed E-state index contributed by atoms with van der Waals surface area (Å²) in [5.74, 6) is 0.564. The van der Waals surface area contributed by atoms with Crippen molar-refractivity contribution in [1.82, 2.24) is 4.90 Å². The molecule has 1 aromatic rings. The second-order valence-electron chi connectivity index (χ2n) is 7.74. The highest BCUT2D eigenvalue weighted by Gasteiger charge is 2.31. The zero-order valence-electron chi connectivity index (χ0n) is 15.8. The van der Waals surface area contributed by atoms with Crippen LogP contribution >= 0.6 is 0 Å². The molecule has 0 saturated carbocycles. The maximum absolute atomic E-state index is 13.2. The van der Waals surface area contributed by atoms with Crippen LogP contribution < -0.4 is 0 Å². The smallest absolute Gasteiger partial charge is 0.410 e. The Balaban J connectivity index is 1.99. The molecule has 2 rings (SSSR count). The first-order valence-electron chi connectivity index (χ1n) is 9.02. The first-order chi connectivity index (χ1) is 11.8. The molecule has 0 radical (unpaired) electrons. The molecule has 4 nitrogen and oxygen atoms in total. The van der Waals surface area contributed by atoms with Gasteiger partial charge in [-0.05, 0) is 69.6 Å². The minimum atomic E-state index is -0.469. The topological polar surface area (TPSA) is 38.8 Å². The third-order valence-electron chi connectivity index (χ3n) is 4.69. The number of ether oxygens (including phenoxy) is 2. The summed E-state index contributed by atoms with van der Waals surface area (Å²) in [6.45, 7) is 7.72. The summed E-state index contributed by atoms with van der Waals surface area (Å²) >= 11 is 0. The molecule has 25 heavy (non-hydrogen) atoms. The predicted octanol–water partition coefficient (Wildman–Crippen LogP) is 4.59. The van der Waals surface area contributed by atoms with Crippen LogP contribution in [0.5, 0.6) is 0 Å². The molecule has 1 aliphatic heterocycles. The summed E-state index contributed by atoms with van der Waals surface area (Å²) < 4.78 is 24.0. The number of amides is 1. The maximum atomic E-state index is 13.2. The fraction of sp³-hybridized carbons (Fsp3) is 0.650. The number of piperidine rings is 1. The Labute approximate surface area is 150 Å². The number of hydrogen-bond donors (Lipinski definition) is 0. The van der Waals surface area contributed by atoms with E-state index in [-0.39, 0.29) is 11.9 Å². The van der Waals surface area contributed by atoms with Gasteiger partial charge in [0.15, 0.2) is 0 Å². The Morgan fingerprint density at radius 3 is 2.36 bits per heavy atom. The number of rotatable bonds is 5. The lowest BCUT2D eigenvalue weighted by atomic mass is 9.78. The molecule has 0 bridgehead atoms. The number of likely N-dealkylation sites (tertiary alicyclic amines) is 1. The zero-order valence-corrected chi connectivity index (χ0v) is 15.8. The van der Waals surface area contributed by atoms with Crippen molar-refractivity contribution in [1.29, 1.82) is 0 Å². The van der Waals surface area contributed by atoms with E-state index < -0.39 is 5.60 Å². The summed E-state index contributed by atoms with van der Waals surface area (Å²) in [6, 6.07) is 6.78.